The Morgan fingerprint density at radius 2 is 2.08 bits per heavy atom. The van der Waals surface area contributed by atoms with Crippen LogP contribution in [-0.2, 0) is 4.74 Å². The van der Waals surface area contributed by atoms with E-state index < -0.39 is 4.92 Å². The van der Waals surface area contributed by atoms with Crippen LogP contribution in [0.1, 0.15) is 5.56 Å². The van der Waals surface area contributed by atoms with Crippen molar-refractivity contribution in [2.45, 2.75) is 6.92 Å². The largest absolute Gasteiger partial charge is 0.383 e. The van der Waals surface area contributed by atoms with Gasteiger partial charge in [0, 0.05) is 30.8 Å². The minimum Gasteiger partial charge on any atom is -0.383 e. The van der Waals surface area contributed by atoms with E-state index >= 15 is 0 Å². The van der Waals surface area contributed by atoms with Gasteiger partial charge in [-0.15, -0.1) is 0 Å². The Morgan fingerprint density at radius 3 is 2.81 bits per heavy atom. The lowest BCUT2D eigenvalue weighted by Crippen LogP contribution is -2.09. The number of rotatable bonds is 7. The molecule has 0 saturated carbocycles. The summed E-state index contributed by atoms with van der Waals surface area (Å²) in [7, 11) is 1.57. The molecule has 8 heteroatoms. The molecule has 0 unspecified atom stereocenters. The van der Waals surface area contributed by atoms with Crippen molar-refractivity contribution < 1.29 is 14.2 Å². The number of nitro benzene ring substituents is 1. The molecule has 0 bridgehead atoms. The quantitative estimate of drug-likeness (QED) is 0.392. The number of ether oxygens (including phenoxy) is 1. The van der Waals surface area contributed by atoms with E-state index in [1.165, 1.54) is 6.07 Å². The molecular formula is C18H18N4O4. The summed E-state index contributed by atoms with van der Waals surface area (Å²) in [6.45, 7) is 2.87. The highest BCUT2D eigenvalue weighted by Gasteiger charge is 2.18. The van der Waals surface area contributed by atoms with Crippen LogP contribution in [0, 0.1) is 17.0 Å². The number of anilines is 1. The molecule has 0 amide bonds. The molecule has 0 spiro atoms. The molecule has 26 heavy (non-hydrogen) atoms. The Balaban J connectivity index is 1.91. The molecule has 0 radical (unpaired) electrons. The number of nitro groups is 1. The first kappa shape index (κ1) is 17.6. The van der Waals surface area contributed by atoms with Gasteiger partial charge in [-0.2, -0.15) is 4.98 Å². The lowest BCUT2D eigenvalue weighted by molar-refractivity contribution is -0.383. The molecule has 0 aliphatic rings. The number of methoxy groups -OCH3 is 1. The van der Waals surface area contributed by atoms with Crippen LogP contribution in [0.2, 0.25) is 0 Å². The lowest BCUT2D eigenvalue weighted by Gasteiger charge is -2.07. The predicted octanol–water partition coefficient (Wildman–Crippen LogP) is 3.68. The van der Waals surface area contributed by atoms with E-state index in [4.69, 9.17) is 9.26 Å². The molecule has 0 aliphatic carbocycles. The molecule has 1 heterocycles. The first-order chi connectivity index (χ1) is 12.6. The summed E-state index contributed by atoms with van der Waals surface area (Å²) in [5, 5.41) is 18.3. The molecule has 3 aromatic rings. The van der Waals surface area contributed by atoms with Crippen LogP contribution in [0.25, 0.3) is 22.8 Å². The summed E-state index contributed by atoms with van der Waals surface area (Å²) < 4.78 is 10.3. The highest BCUT2D eigenvalue weighted by Crippen LogP contribution is 2.31. The fourth-order valence-electron chi connectivity index (χ4n) is 2.53. The number of hydrogen-bond donors (Lipinski definition) is 1. The molecular weight excluding hydrogens is 336 g/mol. The van der Waals surface area contributed by atoms with Crippen molar-refractivity contribution >= 4 is 11.4 Å². The first-order valence-electron chi connectivity index (χ1n) is 8.01. The molecule has 1 N–H and O–H groups in total. The average Bonchev–Trinajstić information content (AvgIpc) is 3.12. The van der Waals surface area contributed by atoms with Gasteiger partial charge in [-0.1, -0.05) is 29.4 Å². The summed E-state index contributed by atoms with van der Waals surface area (Å²) in [5.74, 6) is 0.679. The smallest absolute Gasteiger partial charge is 0.293 e. The molecule has 3 rings (SSSR count). The van der Waals surface area contributed by atoms with Crippen LogP contribution in [-0.4, -0.2) is 35.3 Å². The van der Waals surface area contributed by atoms with E-state index in [9.17, 15) is 10.1 Å². The van der Waals surface area contributed by atoms with Crippen molar-refractivity contribution in [1.82, 2.24) is 10.1 Å². The third-order valence-electron chi connectivity index (χ3n) is 3.88. The van der Waals surface area contributed by atoms with Gasteiger partial charge in [0.1, 0.15) is 5.69 Å². The van der Waals surface area contributed by atoms with Crippen LogP contribution in [0.5, 0.6) is 0 Å². The number of aryl methyl sites for hydroxylation is 1. The van der Waals surface area contributed by atoms with Crippen LogP contribution in [0.15, 0.2) is 47.0 Å². The van der Waals surface area contributed by atoms with E-state index in [2.05, 4.69) is 15.5 Å². The lowest BCUT2D eigenvalue weighted by atomic mass is 10.1. The molecule has 2 aromatic carbocycles. The van der Waals surface area contributed by atoms with Crippen LogP contribution in [0.4, 0.5) is 11.4 Å². The third-order valence-corrected chi connectivity index (χ3v) is 3.88. The van der Waals surface area contributed by atoms with Crippen molar-refractivity contribution in [3.8, 4) is 22.8 Å². The zero-order valence-corrected chi connectivity index (χ0v) is 14.4. The summed E-state index contributed by atoms with van der Waals surface area (Å²) in [5.41, 5.74) is 2.71. The first-order valence-corrected chi connectivity index (χ1v) is 8.01. The van der Waals surface area contributed by atoms with Gasteiger partial charge in [-0.3, -0.25) is 10.1 Å². The van der Waals surface area contributed by atoms with E-state index in [0.717, 1.165) is 11.1 Å². The third kappa shape index (κ3) is 3.70. The summed E-state index contributed by atoms with van der Waals surface area (Å²) in [4.78, 5) is 15.3. The number of nitrogens with zero attached hydrogens (tertiary/aromatic N) is 3. The van der Waals surface area contributed by atoms with Gasteiger partial charge in [0.25, 0.3) is 11.6 Å². The highest BCUT2D eigenvalue weighted by molar-refractivity contribution is 5.71. The standard InChI is InChI=1S/C18H18N4O4/c1-12-5-3-4-6-14(12)17-20-18(26-21-17)13-7-8-15(19-9-10-25-2)16(11-13)22(23)24/h3-8,11,19H,9-10H2,1-2H3. The van der Waals surface area contributed by atoms with Gasteiger partial charge in [0.15, 0.2) is 0 Å². The number of nitrogens with one attached hydrogen (secondary N) is 1. The number of hydrogen-bond acceptors (Lipinski definition) is 7. The highest BCUT2D eigenvalue weighted by atomic mass is 16.6. The van der Waals surface area contributed by atoms with Crippen molar-refractivity contribution in [3.05, 3.63) is 58.1 Å². The van der Waals surface area contributed by atoms with Crippen molar-refractivity contribution in [2.24, 2.45) is 0 Å². The molecule has 0 saturated heterocycles. The Morgan fingerprint density at radius 1 is 1.27 bits per heavy atom. The number of benzene rings is 2. The van der Waals surface area contributed by atoms with Crippen molar-refractivity contribution in [3.63, 3.8) is 0 Å². The minimum absolute atomic E-state index is 0.0609. The Hall–Kier alpha value is -3.26. The maximum absolute atomic E-state index is 11.4. The second-order valence-electron chi connectivity index (χ2n) is 5.65. The topological polar surface area (TPSA) is 103 Å². The zero-order valence-electron chi connectivity index (χ0n) is 14.4. The molecule has 0 atom stereocenters. The Kier molecular flexibility index (Phi) is 5.23. The van der Waals surface area contributed by atoms with E-state index in [0.29, 0.717) is 30.2 Å². The zero-order chi connectivity index (χ0) is 18.5. The summed E-state index contributed by atoms with van der Waals surface area (Å²) in [6.07, 6.45) is 0. The molecule has 8 nitrogen and oxygen atoms in total. The van der Waals surface area contributed by atoms with Gasteiger partial charge >= 0.3 is 0 Å². The monoisotopic (exact) mass is 354 g/mol. The van der Waals surface area contributed by atoms with Crippen molar-refractivity contribution in [1.29, 1.82) is 0 Å². The van der Waals surface area contributed by atoms with Gasteiger partial charge in [-0.05, 0) is 24.6 Å². The van der Waals surface area contributed by atoms with Crippen LogP contribution < -0.4 is 5.32 Å². The normalized spacial score (nSPS) is 10.7. The van der Waals surface area contributed by atoms with Gasteiger partial charge in [-0.25, -0.2) is 0 Å². The fourth-order valence-corrected chi connectivity index (χ4v) is 2.53. The minimum atomic E-state index is -0.447. The second-order valence-corrected chi connectivity index (χ2v) is 5.65. The van der Waals surface area contributed by atoms with Crippen LogP contribution in [0.3, 0.4) is 0 Å². The van der Waals surface area contributed by atoms with E-state index in [1.807, 2.05) is 31.2 Å². The fraction of sp³-hybridized carbons (Fsp3) is 0.222. The summed E-state index contributed by atoms with van der Waals surface area (Å²) in [6, 6.07) is 12.4. The average molecular weight is 354 g/mol. The number of aromatic nitrogens is 2. The van der Waals surface area contributed by atoms with E-state index in [1.54, 1.807) is 19.2 Å². The van der Waals surface area contributed by atoms with Crippen molar-refractivity contribution in [2.75, 3.05) is 25.6 Å². The predicted molar refractivity (Wildman–Crippen MR) is 96.9 cm³/mol. The second kappa shape index (κ2) is 7.75. The maximum atomic E-state index is 11.4. The Labute approximate surface area is 150 Å². The maximum Gasteiger partial charge on any atom is 0.293 e. The van der Waals surface area contributed by atoms with Gasteiger partial charge < -0.3 is 14.6 Å². The molecule has 0 aliphatic heterocycles. The van der Waals surface area contributed by atoms with Gasteiger partial charge in [0.05, 0.1) is 11.5 Å². The molecule has 0 fully saturated rings. The molecule has 1 aromatic heterocycles. The van der Waals surface area contributed by atoms with Gasteiger partial charge in [0.2, 0.25) is 5.82 Å². The summed E-state index contributed by atoms with van der Waals surface area (Å²) >= 11 is 0. The Bertz CT molecular complexity index is 923. The van der Waals surface area contributed by atoms with E-state index in [-0.39, 0.29) is 11.6 Å². The van der Waals surface area contributed by atoms with Crippen LogP contribution >= 0.6 is 0 Å². The molecule has 134 valence electrons. The SMILES string of the molecule is COCCNc1ccc(-c2nc(-c3ccccc3C)no2)cc1[N+](=O)[O-].